The Morgan fingerprint density at radius 1 is 1.07 bits per heavy atom. The first kappa shape index (κ1) is 26.2. The van der Waals surface area contributed by atoms with E-state index in [1.54, 1.807) is 0 Å². The Morgan fingerprint density at radius 2 is 1.70 bits per heavy atom. The molecule has 5 nitrogen and oxygen atoms in total. The SMILES string of the molecule is CCCC(OC(=O)C(C)(C)CBC(C)(CC)C(=O)OCCN(C)C)c1ccccc1. The first-order valence-corrected chi connectivity index (χ1v) is 11.1. The number of ether oxygens (including phenoxy) is 2. The van der Waals surface area contributed by atoms with E-state index >= 15 is 0 Å². The summed E-state index contributed by atoms with van der Waals surface area (Å²) in [4.78, 5) is 27.6. The number of benzene rings is 1. The van der Waals surface area contributed by atoms with E-state index in [0.717, 1.165) is 18.4 Å². The molecule has 1 aromatic carbocycles. The van der Waals surface area contributed by atoms with Crippen LogP contribution in [-0.2, 0) is 19.1 Å². The minimum Gasteiger partial charge on any atom is -0.464 e. The van der Waals surface area contributed by atoms with Crippen molar-refractivity contribution in [2.24, 2.45) is 5.41 Å². The number of carbonyl (C=O) groups excluding carboxylic acids is 2. The summed E-state index contributed by atoms with van der Waals surface area (Å²) in [5.41, 5.74) is 0.340. The van der Waals surface area contributed by atoms with Gasteiger partial charge in [-0.3, -0.25) is 9.59 Å². The Morgan fingerprint density at radius 3 is 2.23 bits per heavy atom. The molecule has 168 valence electrons. The highest BCUT2D eigenvalue weighted by atomic mass is 16.5. The van der Waals surface area contributed by atoms with E-state index in [1.807, 2.05) is 77.0 Å². The topological polar surface area (TPSA) is 55.8 Å². The van der Waals surface area contributed by atoms with Crippen LogP contribution in [0, 0.1) is 5.41 Å². The first-order valence-electron chi connectivity index (χ1n) is 11.1. The van der Waals surface area contributed by atoms with Crippen molar-refractivity contribution in [1.82, 2.24) is 4.90 Å². The van der Waals surface area contributed by atoms with Crippen LogP contribution in [0.2, 0.25) is 11.6 Å². The van der Waals surface area contributed by atoms with Crippen molar-refractivity contribution in [2.45, 2.75) is 71.6 Å². The number of hydrogen-bond acceptors (Lipinski definition) is 5. The summed E-state index contributed by atoms with van der Waals surface area (Å²) < 4.78 is 11.4. The molecule has 0 fully saturated rings. The summed E-state index contributed by atoms with van der Waals surface area (Å²) in [5, 5.41) is -0.605. The van der Waals surface area contributed by atoms with Gasteiger partial charge < -0.3 is 14.4 Å². The second-order valence-corrected chi connectivity index (χ2v) is 9.33. The van der Waals surface area contributed by atoms with Gasteiger partial charge in [-0.2, -0.15) is 0 Å². The third kappa shape index (κ3) is 8.13. The summed E-state index contributed by atoms with van der Waals surface area (Å²) in [6.45, 7) is 10.9. The van der Waals surface area contributed by atoms with Crippen LogP contribution in [0.5, 0.6) is 0 Å². The standard InChI is InChI=1S/C24H40BNO4/c1-8-13-20(19-14-11-10-12-15-19)30-21(27)23(3,4)18-25-24(5,9-2)22(28)29-17-16-26(6)7/h10-12,14-15,20,25H,8-9,13,16-18H2,1-7H3. The van der Waals surface area contributed by atoms with Crippen LogP contribution in [-0.4, -0.2) is 51.4 Å². The van der Waals surface area contributed by atoms with Gasteiger partial charge in [0, 0.05) is 11.9 Å². The Hall–Kier alpha value is -1.82. The summed E-state index contributed by atoms with van der Waals surface area (Å²) in [7, 11) is 4.47. The summed E-state index contributed by atoms with van der Waals surface area (Å²) >= 11 is 0. The second kappa shape index (κ2) is 12.1. The second-order valence-electron chi connectivity index (χ2n) is 9.33. The van der Waals surface area contributed by atoms with Crippen LogP contribution in [0.3, 0.4) is 0 Å². The van der Waals surface area contributed by atoms with Crippen LogP contribution in [0.1, 0.15) is 65.5 Å². The Kier molecular flexibility index (Phi) is 10.6. The molecule has 0 aliphatic rings. The van der Waals surface area contributed by atoms with Crippen molar-refractivity contribution in [2.75, 3.05) is 27.2 Å². The van der Waals surface area contributed by atoms with E-state index in [1.165, 1.54) is 0 Å². The molecular weight excluding hydrogens is 377 g/mol. The lowest BCUT2D eigenvalue weighted by Crippen LogP contribution is -2.35. The molecule has 2 unspecified atom stereocenters. The molecule has 0 saturated heterocycles. The van der Waals surface area contributed by atoms with Gasteiger partial charge in [0.2, 0.25) is 0 Å². The normalized spacial score (nSPS) is 14.7. The highest BCUT2D eigenvalue weighted by molar-refractivity contribution is 6.47. The average Bonchev–Trinajstić information content (AvgIpc) is 2.71. The highest BCUT2D eigenvalue weighted by Gasteiger charge is 2.39. The third-order valence-corrected chi connectivity index (χ3v) is 5.87. The molecule has 0 bridgehead atoms. The van der Waals surface area contributed by atoms with Gasteiger partial charge >= 0.3 is 11.9 Å². The van der Waals surface area contributed by atoms with Crippen LogP contribution in [0.25, 0.3) is 0 Å². The van der Waals surface area contributed by atoms with Gasteiger partial charge in [-0.15, -0.1) is 0 Å². The maximum absolute atomic E-state index is 13.0. The zero-order valence-corrected chi connectivity index (χ0v) is 20.0. The fraction of sp³-hybridized carbons (Fsp3) is 0.667. The quantitative estimate of drug-likeness (QED) is 0.346. The summed E-state index contributed by atoms with van der Waals surface area (Å²) in [5.74, 6) is -0.409. The molecule has 0 spiro atoms. The number of likely N-dealkylation sites (N-methyl/N-ethyl adjacent to an activating group) is 1. The molecular formula is C24H40BNO4. The zero-order valence-electron chi connectivity index (χ0n) is 20.0. The number of rotatable bonds is 13. The molecule has 1 rings (SSSR count). The highest BCUT2D eigenvalue weighted by Crippen LogP contribution is 2.37. The van der Waals surface area contributed by atoms with E-state index in [0.29, 0.717) is 33.2 Å². The zero-order chi connectivity index (χ0) is 22.8. The summed E-state index contributed by atoms with van der Waals surface area (Å²) in [6.07, 6.45) is 2.71. The lowest BCUT2D eigenvalue weighted by Gasteiger charge is -2.31. The van der Waals surface area contributed by atoms with E-state index < -0.39 is 10.7 Å². The molecule has 0 saturated carbocycles. The predicted molar refractivity (Wildman–Crippen MR) is 124 cm³/mol. The van der Waals surface area contributed by atoms with E-state index in [2.05, 4.69) is 6.92 Å². The monoisotopic (exact) mass is 417 g/mol. The van der Waals surface area contributed by atoms with Crippen LogP contribution >= 0.6 is 0 Å². The molecule has 0 radical (unpaired) electrons. The molecule has 30 heavy (non-hydrogen) atoms. The lowest BCUT2D eigenvalue weighted by molar-refractivity contribution is -0.159. The lowest BCUT2D eigenvalue weighted by atomic mass is 9.46. The molecule has 0 N–H and O–H groups in total. The average molecular weight is 417 g/mol. The van der Waals surface area contributed by atoms with E-state index in [9.17, 15) is 9.59 Å². The fourth-order valence-electron chi connectivity index (χ4n) is 3.12. The van der Waals surface area contributed by atoms with Gasteiger partial charge in [0.15, 0.2) is 0 Å². The van der Waals surface area contributed by atoms with Crippen LogP contribution < -0.4 is 0 Å². The van der Waals surface area contributed by atoms with Gasteiger partial charge in [-0.1, -0.05) is 77.7 Å². The molecule has 1 aromatic rings. The van der Waals surface area contributed by atoms with Crippen LogP contribution in [0.15, 0.2) is 30.3 Å². The number of esters is 2. The van der Waals surface area contributed by atoms with Crippen molar-refractivity contribution in [1.29, 1.82) is 0 Å². The largest absolute Gasteiger partial charge is 0.464 e. The van der Waals surface area contributed by atoms with Crippen molar-refractivity contribution < 1.29 is 19.1 Å². The number of hydrogen-bond donors (Lipinski definition) is 0. The van der Waals surface area contributed by atoms with Gasteiger partial charge in [-0.05, 0) is 32.5 Å². The van der Waals surface area contributed by atoms with E-state index in [-0.39, 0.29) is 18.0 Å². The molecule has 0 aliphatic heterocycles. The van der Waals surface area contributed by atoms with Crippen molar-refractivity contribution in [3.63, 3.8) is 0 Å². The maximum atomic E-state index is 13.0. The van der Waals surface area contributed by atoms with Crippen molar-refractivity contribution >= 4 is 19.2 Å². The number of carbonyl (C=O) groups is 2. The maximum Gasteiger partial charge on any atom is 0.311 e. The fourth-order valence-corrected chi connectivity index (χ4v) is 3.12. The Labute approximate surface area is 183 Å². The van der Waals surface area contributed by atoms with Gasteiger partial charge in [0.05, 0.1) is 5.41 Å². The predicted octanol–water partition coefficient (Wildman–Crippen LogP) is 4.65. The third-order valence-electron chi connectivity index (χ3n) is 5.87. The summed E-state index contributed by atoms with van der Waals surface area (Å²) in [6, 6.07) is 9.88. The molecule has 0 aromatic heterocycles. The van der Waals surface area contributed by atoms with Gasteiger partial charge in [-0.25, -0.2) is 0 Å². The minimum absolute atomic E-state index is 0.191. The molecule has 0 amide bonds. The molecule has 0 aliphatic carbocycles. The Balaban J connectivity index is 2.74. The molecule has 2 atom stereocenters. The molecule has 6 heteroatoms. The number of nitrogens with zero attached hydrogens (tertiary/aromatic N) is 1. The minimum atomic E-state index is -0.679. The Bertz CT molecular complexity index is 662. The first-order chi connectivity index (χ1) is 14.1. The smallest absolute Gasteiger partial charge is 0.311 e. The van der Waals surface area contributed by atoms with Gasteiger partial charge in [0.25, 0.3) is 0 Å². The van der Waals surface area contributed by atoms with Gasteiger partial charge in [0.1, 0.15) is 20.0 Å². The van der Waals surface area contributed by atoms with E-state index in [4.69, 9.17) is 9.47 Å². The van der Waals surface area contributed by atoms with Crippen LogP contribution in [0.4, 0.5) is 0 Å². The van der Waals surface area contributed by atoms with Crippen molar-refractivity contribution in [3.05, 3.63) is 35.9 Å². The van der Waals surface area contributed by atoms with Crippen molar-refractivity contribution in [3.8, 4) is 0 Å². The molecule has 0 heterocycles.